The van der Waals surface area contributed by atoms with Crippen molar-refractivity contribution in [3.63, 3.8) is 0 Å². The van der Waals surface area contributed by atoms with Crippen LogP contribution in [0.4, 0.5) is 5.69 Å². The molecular formula is C20H16N2O7S2. The number of hydrogen-bond donors (Lipinski definition) is 4. The molecule has 0 bridgehead atoms. The molecule has 1 aliphatic heterocycles. The molecule has 0 unspecified atom stereocenters. The zero-order valence-electron chi connectivity index (χ0n) is 16.0. The van der Waals surface area contributed by atoms with Crippen molar-refractivity contribution in [1.29, 1.82) is 0 Å². The summed E-state index contributed by atoms with van der Waals surface area (Å²) in [6, 6.07) is 8.17. The fourth-order valence-electron chi connectivity index (χ4n) is 2.71. The highest BCUT2D eigenvalue weighted by Crippen LogP contribution is 2.34. The van der Waals surface area contributed by atoms with E-state index in [1.165, 1.54) is 19.2 Å². The maximum Gasteiger partial charge on any atom is 0.339 e. The van der Waals surface area contributed by atoms with Crippen molar-refractivity contribution in [2.24, 2.45) is 0 Å². The van der Waals surface area contributed by atoms with Gasteiger partial charge in [0.15, 0.2) is 11.5 Å². The van der Waals surface area contributed by atoms with Crippen molar-refractivity contribution in [3.8, 4) is 17.2 Å². The average molecular weight is 460 g/mol. The summed E-state index contributed by atoms with van der Waals surface area (Å²) >= 11 is 6.24. The van der Waals surface area contributed by atoms with Gasteiger partial charge in [-0.1, -0.05) is 30.0 Å². The van der Waals surface area contributed by atoms with Crippen molar-refractivity contribution in [2.75, 3.05) is 19.0 Å². The summed E-state index contributed by atoms with van der Waals surface area (Å²) in [5.74, 6) is -2.62. The van der Waals surface area contributed by atoms with Crippen LogP contribution in [-0.2, 0) is 9.59 Å². The molecule has 11 heteroatoms. The van der Waals surface area contributed by atoms with Gasteiger partial charge >= 0.3 is 5.97 Å². The molecule has 1 fully saturated rings. The topological polar surface area (TPSA) is 136 Å². The average Bonchev–Trinajstić information content (AvgIpc) is 2.96. The molecule has 9 nitrogen and oxygen atoms in total. The van der Waals surface area contributed by atoms with Gasteiger partial charge in [-0.15, -0.1) is 0 Å². The van der Waals surface area contributed by atoms with Gasteiger partial charge in [-0.3, -0.25) is 14.5 Å². The molecule has 2 aromatic carbocycles. The smallest absolute Gasteiger partial charge is 0.339 e. The summed E-state index contributed by atoms with van der Waals surface area (Å²) in [5.41, 5.74) is 0.476. The third-order valence-electron chi connectivity index (χ3n) is 4.19. The first-order valence-electron chi connectivity index (χ1n) is 8.68. The van der Waals surface area contributed by atoms with Gasteiger partial charge in [0.25, 0.3) is 5.91 Å². The molecule has 4 N–H and O–H groups in total. The number of aromatic carboxylic acids is 1. The Morgan fingerprint density at radius 1 is 1.19 bits per heavy atom. The first-order valence-corrected chi connectivity index (χ1v) is 9.90. The maximum absolute atomic E-state index is 12.7. The van der Waals surface area contributed by atoms with E-state index in [2.05, 4.69) is 5.32 Å². The number of nitrogens with one attached hydrogen (secondary N) is 1. The fraction of sp³-hybridized carbons (Fsp3) is 0.100. The number of aromatic hydroxyl groups is 2. The zero-order chi connectivity index (χ0) is 22.7. The third-order valence-corrected chi connectivity index (χ3v) is 5.57. The number of phenols is 2. The summed E-state index contributed by atoms with van der Waals surface area (Å²) < 4.78 is 5.24. The Hall–Kier alpha value is -3.57. The fourth-order valence-corrected chi connectivity index (χ4v) is 3.96. The highest BCUT2D eigenvalue weighted by atomic mass is 32.2. The minimum absolute atomic E-state index is 0.0358. The van der Waals surface area contributed by atoms with Crippen molar-refractivity contribution in [2.45, 2.75) is 0 Å². The predicted octanol–water partition coefficient (Wildman–Crippen LogP) is 2.64. The molecule has 0 aliphatic carbocycles. The van der Waals surface area contributed by atoms with Gasteiger partial charge in [-0.05, 0) is 35.9 Å². The van der Waals surface area contributed by atoms with E-state index in [1.54, 1.807) is 18.2 Å². The Kier molecular flexibility index (Phi) is 6.47. The minimum Gasteiger partial charge on any atom is -0.507 e. The van der Waals surface area contributed by atoms with Crippen LogP contribution >= 0.6 is 24.0 Å². The van der Waals surface area contributed by atoms with E-state index < -0.39 is 23.5 Å². The van der Waals surface area contributed by atoms with Crippen LogP contribution < -0.4 is 10.1 Å². The molecule has 0 aromatic heterocycles. The van der Waals surface area contributed by atoms with Crippen LogP contribution in [0, 0.1) is 0 Å². The SMILES string of the molecule is COc1cc(/C=C2/SC(=S)N(CC(=O)Nc3ccc(C(=O)O)c(O)c3)C2=O)ccc1O. The second kappa shape index (κ2) is 9.06. The van der Waals surface area contributed by atoms with E-state index in [4.69, 9.17) is 22.1 Å². The van der Waals surface area contributed by atoms with Crippen LogP contribution in [-0.4, -0.2) is 56.0 Å². The van der Waals surface area contributed by atoms with Crippen LogP contribution in [0.25, 0.3) is 6.08 Å². The predicted molar refractivity (Wildman–Crippen MR) is 118 cm³/mol. The Balaban J connectivity index is 1.70. The summed E-state index contributed by atoms with van der Waals surface area (Å²) in [7, 11) is 1.41. The van der Waals surface area contributed by atoms with E-state index in [0.29, 0.717) is 10.5 Å². The molecule has 31 heavy (non-hydrogen) atoms. The quantitative estimate of drug-likeness (QED) is 0.379. The van der Waals surface area contributed by atoms with Gasteiger partial charge in [0.05, 0.1) is 12.0 Å². The number of anilines is 1. The number of thioether (sulfide) groups is 1. The number of ether oxygens (including phenoxy) is 1. The van der Waals surface area contributed by atoms with E-state index in [0.717, 1.165) is 28.8 Å². The molecule has 0 saturated carbocycles. The largest absolute Gasteiger partial charge is 0.507 e. The summed E-state index contributed by atoms with van der Waals surface area (Å²) in [5, 5.41) is 30.8. The molecule has 1 heterocycles. The molecular weight excluding hydrogens is 444 g/mol. The second-order valence-electron chi connectivity index (χ2n) is 6.28. The summed E-state index contributed by atoms with van der Waals surface area (Å²) in [6.07, 6.45) is 1.57. The number of carbonyl (C=O) groups excluding carboxylic acids is 2. The standard InChI is InChI=1S/C20H16N2O7S2/c1-29-15-6-10(2-5-13(15)23)7-16-18(26)22(20(30)31-16)9-17(25)21-11-3-4-12(19(27)28)14(24)8-11/h2-8,23-24H,9H2,1H3,(H,21,25)(H,27,28)/b16-7+. The number of carboxylic acid groups (broad SMARTS) is 1. The number of nitrogens with zero attached hydrogens (tertiary/aromatic N) is 1. The number of thiocarbonyl (C=S) groups is 1. The Morgan fingerprint density at radius 3 is 2.58 bits per heavy atom. The van der Waals surface area contributed by atoms with E-state index in [1.807, 2.05) is 0 Å². The summed E-state index contributed by atoms with van der Waals surface area (Å²) in [6.45, 7) is -0.359. The molecule has 1 saturated heterocycles. The van der Waals surface area contributed by atoms with Gasteiger partial charge < -0.3 is 25.4 Å². The number of benzene rings is 2. The third kappa shape index (κ3) is 4.95. The lowest BCUT2D eigenvalue weighted by Crippen LogP contribution is -2.36. The second-order valence-corrected chi connectivity index (χ2v) is 7.96. The lowest BCUT2D eigenvalue weighted by atomic mass is 10.2. The zero-order valence-corrected chi connectivity index (χ0v) is 17.6. The van der Waals surface area contributed by atoms with Crippen LogP contribution in [0.15, 0.2) is 41.3 Å². The normalized spacial score (nSPS) is 14.7. The Morgan fingerprint density at radius 2 is 1.94 bits per heavy atom. The minimum atomic E-state index is -1.30. The lowest BCUT2D eigenvalue weighted by Gasteiger charge is -2.14. The highest BCUT2D eigenvalue weighted by Gasteiger charge is 2.33. The molecule has 2 aromatic rings. The first kappa shape index (κ1) is 22.1. The number of phenolic OH excluding ortho intramolecular Hbond substituents is 1. The van der Waals surface area contributed by atoms with E-state index in [9.17, 15) is 24.6 Å². The highest BCUT2D eigenvalue weighted by molar-refractivity contribution is 8.26. The monoisotopic (exact) mass is 460 g/mol. The molecule has 0 atom stereocenters. The van der Waals surface area contributed by atoms with E-state index >= 15 is 0 Å². The number of amides is 2. The molecule has 160 valence electrons. The van der Waals surface area contributed by atoms with Gasteiger partial charge in [0.1, 0.15) is 22.2 Å². The first-order chi connectivity index (χ1) is 14.7. The van der Waals surface area contributed by atoms with Gasteiger partial charge in [0, 0.05) is 11.8 Å². The summed E-state index contributed by atoms with van der Waals surface area (Å²) in [4.78, 5) is 37.4. The number of rotatable bonds is 6. The van der Waals surface area contributed by atoms with Crippen molar-refractivity contribution < 1.29 is 34.4 Å². The Labute approximate surface area is 185 Å². The van der Waals surface area contributed by atoms with Crippen LogP contribution in [0.5, 0.6) is 17.2 Å². The van der Waals surface area contributed by atoms with Gasteiger partial charge in [-0.2, -0.15) is 0 Å². The number of hydrogen-bond acceptors (Lipinski definition) is 8. The molecule has 0 radical (unpaired) electrons. The van der Waals surface area contributed by atoms with Crippen molar-refractivity contribution in [1.82, 2.24) is 4.90 Å². The lowest BCUT2D eigenvalue weighted by molar-refractivity contribution is -0.126. The van der Waals surface area contributed by atoms with Crippen LogP contribution in [0.2, 0.25) is 0 Å². The molecule has 2 amide bonds. The van der Waals surface area contributed by atoms with Gasteiger partial charge in [0.2, 0.25) is 5.91 Å². The molecule has 0 spiro atoms. The number of carbonyl (C=O) groups is 3. The number of carboxylic acids is 1. The van der Waals surface area contributed by atoms with Gasteiger partial charge in [-0.25, -0.2) is 4.79 Å². The van der Waals surface area contributed by atoms with Crippen molar-refractivity contribution >= 4 is 57.8 Å². The van der Waals surface area contributed by atoms with E-state index in [-0.39, 0.29) is 33.6 Å². The van der Waals surface area contributed by atoms with Crippen LogP contribution in [0.1, 0.15) is 15.9 Å². The maximum atomic E-state index is 12.7. The molecule has 3 rings (SSSR count). The number of methoxy groups -OCH3 is 1. The van der Waals surface area contributed by atoms with Crippen molar-refractivity contribution in [3.05, 3.63) is 52.4 Å². The Bertz CT molecular complexity index is 1130. The van der Waals surface area contributed by atoms with Crippen LogP contribution in [0.3, 0.4) is 0 Å². The molecule has 1 aliphatic rings.